The maximum absolute atomic E-state index is 13.7. The van der Waals surface area contributed by atoms with E-state index in [9.17, 15) is 14.0 Å². The first-order valence-corrected chi connectivity index (χ1v) is 10.5. The zero-order valence-corrected chi connectivity index (χ0v) is 16.9. The highest BCUT2D eigenvalue weighted by Crippen LogP contribution is 2.23. The summed E-state index contributed by atoms with van der Waals surface area (Å²) in [4.78, 5) is 30.2. The molecule has 156 valence electrons. The van der Waals surface area contributed by atoms with E-state index < -0.39 is 0 Å². The number of nitrogens with one attached hydrogen (secondary N) is 2. The van der Waals surface area contributed by atoms with Gasteiger partial charge >= 0.3 is 0 Å². The number of hydrogen-bond acceptors (Lipinski definition) is 2. The van der Waals surface area contributed by atoms with Gasteiger partial charge in [0.15, 0.2) is 0 Å². The Morgan fingerprint density at radius 3 is 2.90 bits per heavy atom. The lowest BCUT2D eigenvalue weighted by Gasteiger charge is -2.33. The second-order valence-corrected chi connectivity index (χ2v) is 7.95. The summed E-state index contributed by atoms with van der Waals surface area (Å²) in [6.07, 6.45) is 4.93. The number of nitrogens with zero attached hydrogens (tertiary/aromatic N) is 1. The molecule has 0 unspecified atom stereocenters. The van der Waals surface area contributed by atoms with E-state index in [4.69, 9.17) is 0 Å². The van der Waals surface area contributed by atoms with Crippen LogP contribution in [0.3, 0.4) is 0 Å². The van der Waals surface area contributed by atoms with Gasteiger partial charge in [-0.2, -0.15) is 0 Å². The van der Waals surface area contributed by atoms with Crippen molar-refractivity contribution in [2.75, 3.05) is 13.1 Å². The zero-order valence-electron chi connectivity index (χ0n) is 16.9. The summed E-state index contributed by atoms with van der Waals surface area (Å²) in [6, 6.07) is 14.2. The van der Waals surface area contributed by atoms with E-state index in [0.29, 0.717) is 30.0 Å². The van der Waals surface area contributed by atoms with Gasteiger partial charge in [0.05, 0.1) is 0 Å². The molecule has 6 heteroatoms. The minimum absolute atomic E-state index is 0.0419. The summed E-state index contributed by atoms with van der Waals surface area (Å²) >= 11 is 0. The van der Waals surface area contributed by atoms with Crippen LogP contribution in [-0.4, -0.2) is 34.8 Å². The number of rotatable bonds is 6. The number of H-pyrrole nitrogens is 1. The van der Waals surface area contributed by atoms with Crippen molar-refractivity contribution in [3.05, 3.63) is 71.7 Å². The molecule has 0 spiro atoms. The first-order chi connectivity index (χ1) is 14.6. The van der Waals surface area contributed by atoms with E-state index in [1.165, 1.54) is 6.07 Å². The van der Waals surface area contributed by atoms with Crippen molar-refractivity contribution in [1.29, 1.82) is 0 Å². The quantitative estimate of drug-likeness (QED) is 0.641. The number of benzene rings is 2. The lowest BCUT2D eigenvalue weighted by molar-refractivity contribution is -0.121. The van der Waals surface area contributed by atoms with Crippen LogP contribution in [0, 0.1) is 11.7 Å². The first-order valence-electron chi connectivity index (χ1n) is 10.5. The summed E-state index contributed by atoms with van der Waals surface area (Å²) in [6.45, 7) is 1.61. The maximum Gasteiger partial charge on any atom is 0.253 e. The molecular formula is C24H26FN3O2. The number of amides is 2. The van der Waals surface area contributed by atoms with Crippen LogP contribution in [0.5, 0.6) is 0 Å². The van der Waals surface area contributed by atoms with Gasteiger partial charge in [-0.1, -0.05) is 24.3 Å². The minimum atomic E-state index is -0.309. The number of hydrogen-bond donors (Lipinski definition) is 2. The third kappa shape index (κ3) is 4.70. The summed E-state index contributed by atoms with van der Waals surface area (Å²) < 4.78 is 13.7. The lowest BCUT2D eigenvalue weighted by Crippen LogP contribution is -2.40. The molecule has 2 aromatic carbocycles. The van der Waals surface area contributed by atoms with E-state index >= 15 is 0 Å². The minimum Gasteiger partial charge on any atom is -0.361 e. The fourth-order valence-electron chi connectivity index (χ4n) is 4.11. The molecule has 4 rings (SSSR count). The van der Waals surface area contributed by atoms with Crippen LogP contribution >= 0.6 is 0 Å². The molecule has 0 aliphatic carbocycles. The van der Waals surface area contributed by atoms with Gasteiger partial charge in [-0.25, -0.2) is 4.39 Å². The highest BCUT2D eigenvalue weighted by atomic mass is 19.1. The molecule has 1 aromatic heterocycles. The van der Waals surface area contributed by atoms with Gasteiger partial charge in [0.2, 0.25) is 5.91 Å². The Morgan fingerprint density at radius 1 is 1.17 bits per heavy atom. The molecule has 1 aliphatic heterocycles. The molecule has 0 radical (unpaired) electrons. The van der Waals surface area contributed by atoms with Crippen LogP contribution in [0.4, 0.5) is 4.39 Å². The Kier molecular flexibility index (Phi) is 6.12. The van der Waals surface area contributed by atoms with Crippen molar-refractivity contribution in [3.63, 3.8) is 0 Å². The van der Waals surface area contributed by atoms with Gasteiger partial charge in [0.25, 0.3) is 5.91 Å². The summed E-state index contributed by atoms with van der Waals surface area (Å²) in [5.41, 5.74) is 2.13. The number of aromatic nitrogens is 1. The SMILES string of the molecule is O=C(CC[C@H]1CCCN(C(=O)c2ccc3cc[nH]c3c2)C1)NCc1ccccc1F. The molecule has 1 atom stereocenters. The zero-order chi connectivity index (χ0) is 20.9. The maximum atomic E-state index is 13.7. The van der Waals surface area contributed by atoms with Crippen LogP contribution < -0.4 is 5.32 Å². The monoisotopic (exact) mass is 407 g/mol. The van der Waals surface area contributed by atoms with Crippen LogP contribution in [0.15, 0.2) is 54.7 Å². The largest absolute Gasteiger partial charge is 0.361 e. The van der Waals surface area contributed by atoms with Crippen LogP contribution in [0.1, 0.15) is 41.6 Å². The van der Waals surface area contributed by atoms with E-state index in [1.54, 1.807) is 18.2 Å². The van der Waals surface area contributed by atoms with Gasteiger partial charge in [-0.3, -0.25) is 9.59 Å². The Balaban J connectivity index is 1.27. The van der Waals surface area contributed by atoms with Crippen molar-refractivity contribution < 1.29 is 14.0 Å². The molecule has 0 saturated carbocycles. The number of aromatic amines is 1. The van der Waals surface area contributed by atoms with E-state index in [1.807, 2.05) is 35.4 Å². The molecule has 2 heterocycles. The molecular weight excluding hydrogens is 381 g/mol. The molecule has 30 heavy (non-hydrogen) atoms. The highest BCUT2D eigenvalue weighted by molar-refractivity contribution is 5.98. The fraction of sp³-hybridized carbons (Fsp3) is 0.333. The fourth-order valence-corrected chi connectivity index (χ4v) is 4.11. The third-order valence-electron chi connectivity index (χ3n) is 5.82. The molecule has 2 N–H and O–H groups in total. The standard InChI is InChI=1S/C24H26FN3O2/c25-21-6-2-1-5-20(21)15-27-23(29)10-7-17-4-3-13-28(16-17)24(30)19-9-8-18-11-12-26-22(18)14-19/h1-2,5-6,8-9,11-12,14,17,26H,3-4,7,10,13,15-16H2,(H,27,29)/t17-/m1/s1. The van der Waals surface area contributed by atoms with Crippen molar-refractivity contribution >= 4 is 22.7 Å². The van der Waals surface area contributed by atoms with Gasteiger partial charge < -0.3 is 15.2 Å². The second kappa shape index (κ2) is 9.11. The Morgan fingerprint density at radius 2 is 2.03 bits per heavy atom. The smallest absolute Gasteiger partial charge is 0.253 e. The number of piperidine rings is 1. The Hall–Kier alpha value is -3.15. The van der Waals surface area contributed by atoms with Gasteiger partial charge in [0.1, 0.15) is 5.82 Å². The number of halogens is 1. The van der Waals surface area contributed by atoms with Gasteiger partial charge in [-0.15, -0.1) is 0 Å². The highest BCUT2D eigenvalue weighted by Gasteiger charge is 2.25. The molecule has 1 saturated heterocycles. The summed E-state index contributed by atoms with van der Waals surface area (Å²) in [5, 5.41) is 3.88. The Bertz CT molecular complexity index is 1050. The average Bonchev–Trinajstić information content (AvgIpc) is 3.25. The average molecular weight is 407 g/mol. The Labute approximate surface area is 175 Å². The molecule has 2 amide bonds. The predicted molar refractivity (Wildman–Crippen MR) is 114 cm³/mol. The molecule has 0 bridgehead atoms. The lowest BCUT2D eigenvalue weighted by atomic mass is 9.92. The molecule has 1 aliphatic rings. The van der Waals surface area contributed by atoms with Crippen molar-refractivity contribution in [1.82, 2.24) is 15.2 Å². The van der Waals surface area contributed by atoms with Crippen LogP contribution in [-0.2, 0) is 11.3 Å². The topological polar surface area (TPSA) is 65.2 Å². The van der Waals surface area contributed by atoms with Crippen LogP contribution in [0.25, 0.3) is 10.9 Å². The van der Waals surface area contributed by atoms with Crippen LogP contribution in [0.2, 0.25) is 0 Å². The van der Waals surface area contributed by atoms with E-state index in [0.717, 1.165) is 36.7 Å². The molecule has 1 fully saturated rings. The second-order valence-electron chi connectivity index (χ2n) is 7.95. The number of likely N-dealkylation sites (tertiary alicyclic amines) is 1. The number of carbonyl (C=O) groups is 2. The normalized spacial score (nSPS) is 16.6. The van der Waals surface area contributed by atoms with Gasteiger partial charge in [-0.05, 0) is 54.8 Å². The third-order valence-corrected chi connectivity index (χ3v) is 5.82. The van der Waals surface area contributed by atoms with Crippen molar-refractivity contribution in [3.8, 4) is 0 Å². The number of fused-ring (bicyclic) bond motifs is 1. The van der Waals surface area contributed by atoms with E-state index in [-0.39, 0.29) is 24.2 Å². The molecule has 5 nitrogen and oxygen atoms in total. The van der Waals surface area contributed by atoms with Crippen molar-refractivity contribution in [2.24, 2.45) is 5.92 Å². The van der Waals surface area contributed by atoms with E-state index in [2.05, 4.69) is 10.3 Å². The summed E-state index contributed by atoms with van der Waals surface area (Å²) in [5.74, 6) is -0.0491. The first kappa shape index (κ1) is 20.1. The predicted octanol–water partition coefficient (Wildman–Crippen LogP) is 4.26. The molecule has 3 aromatic rings. The van der Waals surface area contributed by atoms with Gasteiger partial charge in [0, 0.05) is 48.9 Å². The van der Waals surface area contributed by atoms with Crippen molar-refractivity contribution in [2.45, 2.75) is 32.2 Å². The number of carbonyl (C=O) groups excluding carboxylic acids is 2. The summed E-state index contributed by atoms with van der Waals surface area (Å²) in [7, 11) is 0.